The molecule has 0 amide bonds. The molecule has 1 N–H and O–H groups in total. The first-order chi connectivity index (χ1) is 9.55. The molecule has 7 heteroatoms. The van der Waals surface area contributed by atoms with Gasteiger partial charge in [-0.1, -0.05) is 12.1 Å². The highest BCUT2D eigenvalue weighted by Gasteiger charge is 2.33. The molecule has 3 aromatic rings. The van der Waals surface area contributed by atoms with Crippen LogP contribution in [0, 0.1) is 0 Å². The molecule has 0 spiro atoms. The quantitative estimate of drug-likeness (QED) is 0.780. The molecule has 4 nitrogen and oxygen atoms in total. The number of rotatable bonds is 2. The Kier molecular flexibility index (Phi) is 2.81. The first kappa shape index (κ1) is 12.5. The number of nitrogens with one attached hydrogen (secondary N) is 1. The van der Waals surface area contributed by atoms with Crippen LogP contribution in [0.25, 0.3) is 5.65 Å². The number of nitrogens with zero attached hydrogens (tertiary/aromatic N) is 3. The van der Waals surface area contributed by atoms with Crippen LogP contribution in [0.4, 0.5) is 24.7 Å². The van der Waals surface area contributed by atoms with Crippen molar-refractivity contribution in [3.05, 3.63) is 54.6 Å². The summed E-state index contributed by atoms with van der Waals surface area (Å²) in [6.45, 7) is 0. The van der Waals surface area contributed by atoms with Crippen molar-refractivity contribution in [1.29, 1.82) is 0 Å². The Morgan fingerprint density at radius 2 is 1.85 bits per heavy atom. The number of aromatic nitrogens is 3. The second kappa shape index (κ2) is 4.52. The van der Waals surface area contributed by atoms with Gasteiger partial charge in [0, 0.05) is 12.4 Å². The first-order valence-electron chi connectivity index (χ1n) is 5.76. The number of halogens is 3. The fraction of sp³-hybridized carbons (Fsp3) is 0.0769. The molecule has 20 heavy (non-hydrogen) atoms. The average molecular weight is 278 g/mol. The summed E-state index contributed by atoms with van der Waals surface area (Å²) in [6.07, 6.45) is 0.335. The summed E-state index contributed by atoms with van der Waals surface area (Å²) in [5.41, 5.74) is -0.326. The van der Waals surface area contributed by atoms with E-state index in [1.807, 2.05) is 0 Å². The van der Waals surface area contributed by atoms with Crippen LogP contribution in [0.15, 0.2) is 49.1 Å². The monoisotopic (exact) mass is 278 g/mol. The molecular weight excluding hydrogens is 269 g/mol. The van der Waals surface area contributed by atoms with Crippen molar-refractivity contribution < 1.29 is 13.2 Å². The van der Waals surface area contributed by atoms with Crippen LogP contribution in [0.5, 0.6) is 0 Å². The third-order valence-electron chi connectivity index (χ3n) is 2.78. The minimum Gasteiger partial charge on any atom is -0.337 e. The number of fused-ring (bicyclic) bond motifs is 1. The van der Waals surface area contributed by atoms with Gasteiger partial charge in [0.2, 0.25) is 0 Å². The van der Waals surface area contributed by atoms with E-state index >= 15 is 0 Å². The molecule has 0 saturated carbocycles. The number of alkyl halides is 3. The van der Waals surface area contributed by atoms with Crippen LogP contribution >= 0.6 is 0 Å². The van der Waals surface area contributed by atoms with Crippen LogP contribution in [0.2, 0.25) is 0 Å². The largest absolute Gasteiger partial charge is 0.418 e. The molecule has 102 valence electrons. The number of benzene rings is 1. The molecule has 0 atom stereocenters. The molecule has 0 saturated heterocycles. The summed E-state index contributed by atoms with van der Waals surface area (Å²) in [5.74, 6) is 0.280. The molecule has 0 bridgehead atoms. The van der Waals surface area contributed by atoms with Gasteiger partial charge in [0.15, 0.2) is 11.5 Å². The average Bonchev–Trinajstić information content (AvgIpc) is 2.82. The molecule has 0 radical (unpaired) electrons. The number of hydrogen-bond acceptors (Lipinski definition) is 3. The summed E-state index contributed by atoms with van der Waals surface area (Å²) in [4.78, 5) is 8.12. The van der Waals surface area contributed by atoms with Crippen LogP contribution < -0.4 is 5.32 Å². The molecular formula is C13H9F3N4. The van der Waals surface area contributed by atoms with E-state index in [-0.39, 0.29) is 11.5 Å². The topological polar surface area (TPSA) is 42.2 Å². The van der Waals surface area contributed by atoms with Gasteiger partial charge in [-0.2, -0.15) is 13.2 Å². The third-order valence-corrected chi connectivity index (χ3v) is 2.78. The Bertz CT molecular complexity index is 748. The fourth-order valence-corrected chi connectivity index (χ4v) is 1.89. The van der Waals surface area contributed by atoms with Crippen molar-refractivity contribution in [1.82, 2.24) is 14.4 Å². The molecule has 3 rings (SSSR count). The SMILES string of the molecule is FC(F)(F)c1ccccc1Nc1ncn2cccnc12. The Morgan fingerprint density at radius 3 is 2.65 bits per heavy atom. The zero-order valence-electron chi connectivity index (χ0n) is 10.1. The van der Waals surface area contributed by atoms with Crippen molar-refractivity contribution >= 4 is 17.2 Å². The van der Waals surface area contributed by atoms with Gasteiger partial charge in [-0.05, 0) is 18.2 Å². The van der Waals surface area contributed by atoms with E-state index in [1.54, 1.807) is 22.9 Å². The highest BCUT2D eigenvalue weighted by atomic mass is 19.4. The van der Waals surface area contributed by atoms with Crippen LogP contribution in [-0.2, 0) is 6.18 Å². The highest BCUT2D eigenvalue weighted by molar-refractivity contribution is 5.71. The second-order valence-electron chi connectivity index (χ2n) is 4.11. The zero-order valence-corrected chi connectivity index (χ0v) is 10.1. The molecule has 2 heterocycles. The Morgan fingerprint density at radius 1 is 1.05 bits per heavy atom. The lowest BCUT2D eigenvalue weighted by Crippen LogP contribution is -2.08. The molecule has 0 fully saturated rings. The van der Waals surface area contributed by atoms with Gasteiger partial charge < -0.3 is 5.32 Å². The van der Waals surface area contributed by atoms with Gasteiger partial charge in [0.25, 0.3) is 0 Å². The molecule has 2 aromatic heterocycles. The van der Waals surface area contributed by atoms with Crippen LogP contribution in [-0.4, -0.2) is 14.4 Å². The summed E-state index contributed by atoms with van der Waals surface area (Å²) in [7, 11) is 0. The lowest BCUT2D eigenvalue weighted by Gasteiger charge is -2.12. The summed E-state index contributed by atoms with van der Waals surface area (Å²) in [5, 5.41) is 2.69. The maximum Gasteiger partial charge on any atom is 0.418 e. The first-order valence-corrected chi connectivity index (χ1v) is 5.76. The predicted molar refractivity (Wildman–Crippen MR) is 67.7 cm³/mol. The fourth-order valence-electron chi connectivity index (χ4n) is 1.89. The third kappa shape index (κ3) is 2.18. The van der Waals surface area contributed by atoms with E-state index in [2.05, 4.69) is 15.3 Å². The number of para-hydroxylation sites is 1. The summed E-state index contributed by atoms with van der Waals surface area (Å²) < 4.78 is 40.4. The van der Waals surface area contributed by atoms with Gasteiger partial charge in [0.1, 0.15) is 6.33 Å². The minimum atomic E-state index is -4.42. The Hall–Kier alpha value is -2.57. The van der Waals surface area contributed by atoms with Gasteiger partial charge in [-0.3, -0.25) is 4.40 Å². The van der Waals surface area contributed by atoms with E-state index in [0.717, 1.165) is 6.07 Å². The van der Waals surface area contributed by atoms with Crippen LogP contribution in [0.3, 0.4) is 0 Å². The Labute approximate surface area is 111 Å². The van der Waals surface area contributed by atoms with E-state index in [0.29, 0.717) is 5.65 Å². The van der Waals surface area contributed by atoms with Gasteiger partial charge >= 0.3 is 6.18 Å². The van der Waals surface area contributed by atoms with Crippen molar-refractivity contribution in [2.45, 2.75) is 6.18 Å². The van der Waals surface area contributed by atoms with Crippen molar-refractivity contribution in [3.8, 4) is 0 Å². The molecule has 0 aliphatic carbocycles. The maximum absolute atomic E-state index is 12.9. The number of anilines is 2. The Balaban J connectivity index is 2.04. The van der Waals surface area contributed by atoms with E-state index < -0.39 is 11.7 Å². The number of hydrogen-bond donors (Lipinski definition) is 1. The number of imidazole rings is 1. The smallest absolute Gasteiger partial charge is 0.337 e. The van der Waals surface area contributed by atoms with E-state index in [1.165, 1.54) is 24.5 Å². The lowest BCUT2D eigenvalue weighted by molar-refractivity contribution is -0.136. The predicted octanol–water partition coefficient (Wildman–Crippen LogP) is 3.49. The second-order valence-corrected chi connectivity index (χ2v) is 4.11. The highest BCUT2D eigenvalue weighted by Crippen LogP contribution is 2.35. The van der Waals surface area contributed by atoms with Crippen molar-refractivity contribution in [3.63, 3.8) is 0 Å². The van der Waals surface area contributed by atoms with Crippen molar-refractivity contribution in [2.75, 3.05) is 5.32 Å². The minimum absolute atomic E-state index is 0.0498. The normalized spacial score (nSPS) is 11.8. The van der Waals surface area contributed by atoms with Gasteiger partial charge in [-0.15, -0.1) is 0 Å². The maximum atomic E-state index is 12.9. The van der Waals surface area contributed by atoms with Gasteiger partial charge in [0.05, 0.1) is 11.3 Å². The molecule has 0 unspecified atom stereocenters. The van der Waals surface area contributed by atoms with E-state index in [9.17, 15) is 13.2 Å². The molecule has 1 aromatic carbocycles. The zero-order chi connectivity index (χ0) is 14.2. The lowest BCUT2D eigenvalue weighted by atomic mass is 10.1. The molecule has 0 aliphatic rings. The van der Waals surface area contributed by atoms with Crippen molar-refractivity contribution in [2.24, 2.45) is 0 Å². The standard InChI is InChI=1S/C13H9F3N4/c14-13(15,16)9-4-1-2-5-10(9)19-11-12-17-6-3-7-20(12)8-18-11/h1-8,19H. The van der Waals surface area contributed by atoms with Crippen LogP contribution in [0.1, 0.15) is 5.56 Å². The summed E-state index contributed by atoms with van der Waals surface area (Å²) >= 11 is 0. The molecule has 0 aliphatic heterocycles. The summed E-state index contributed by atoms with van der Waals surface area (Å²) in [6, 6.07) is 6.97. The van der Waals surface area contributed by atoms with Gasteiger partial charge in [-0.25, -0.2) is 9.97 Å². The van der Waals surface area contributed by atoms with E-state index in [4.69, 9.17) is 0 Å².